The van der Waals surface area contributed by atoms with Gasteiger partial charge in [0.05, 0.1) is 22.9 Å². The number of aromatic nitrogens is 2. The van der Waals surface area contributed by atoms with E-state index in [0.29, 0.717) is 10.7 Å². The SMILES string of the molecule is CC(OC(=O)C=Cc1cnc2ccccc2n1)c1ccccc1Cl. The number of nitrogens with zero attached hydrogens (tertiary/aromatic N) is 2. The predicted octanol–water partition coefficient (Wildman–Crippen LogP) is 4.60. The fourth-order valence-corrected chi connectivity index (χ4v) is 2.58. The van der Waals surface area contributed by atoms with E-state index in [2.05, 4.69) is 9.97 Å². The molecule has 0 aliphatic heterocycles. The van der Waals surface area contributed by atoms with Crippen LogP contribution in [0.15, 0.2) is 60.8 Å². The van der Waals surface area contributed by atoms with Crippen LogP contribution in [0, 0.1) is 0 Å². The van der Waals surface area contributed by atoms with E-state index in [9.17, 15) is 4.79 Å². The van der Waals surface area contributed by atoms with E-state index in [1.807, 2.05) is 42.5 Å². The lowest BCUT2D eigenvalue weighted by molar-refractivity contribution is -0.142. The molecule has 2 aromatic carbocycles. The molecule has 0 aliphatic rings. The maximum atomic E-state index is 12.0. The minimum atomic E-state index is -0.461. The van der Waals surface area contributed by atoms with Crippen LogP contribution in [0.2, 0.25) is 5.02 Å². The third kappa shape index (κ3) is 3.78. The average Bonchev–Trinajstić information content (AvgIpc) is 2.60. The highest BCUT2D eigenvalue weighted by Crippen LogP contribution is 2.25. The molecule has 0 spiro atoms. The Morgan fingerprint density at radius 1 is 1.12 bits per heavy atom. The van der Waals surface area contributed by atoms with Crippen molar-refractivity contribution in [3.8, 4) is 0 Å². The normalized spacial score (nSPS) is 12.4. The summed E-state index contributed by atoms with van der Waals surface area (Å²) in [5, 5.41) is 0.571. The van der Waals surface area contributed by atoms with Gasteiger partial charge in [-0.15, -0.1) is 0 Å². The molecule has 5 heteroatoms. The van der Waals surface area contributed by atoms with Gasteiger partial charge in [0, 0.05) is 16.7 Å². The second-order valence-electron chi connectivity index (χ2n) is 5.22. The van der Waals surface area contributed by atoms with Crippen molar-refractivity contribution < 1.29 is 9.53 Å². The van der Waals surface area contributed by atoms with Crippen molar-refractivity contribution in [2.24, 2.45) is 0 Å². The summed E-state index contributed by atoms with van der Waals surface area (Å²) in [4.78, 5) is 20.7. The van der Waals surface area contributed by atoms with Crippen LogP contribution in [0.4, 0.5) is 0 Å². The van der Waals surface area contributed by atoms with Gasteiger partial charge in [-0.2, -0.15) is 0 Å². The Labute approximate surface area is 144 Å². The fourth-order valence-electron chi connectivity index (χ4n) is 2.29. The van der Waals surface area contributed by atoms with Gasteiger partial charge in [-0.1, -0.05) is 41.9 Å². The van der Waals surface area contributed by atoms with Crippen molar-refractivity contribution in [2.45, 2.75) is 13.0 Å². The molecule has 0 N–H and O–H groups in total. The Morgan fingerprint density at radius 2 is 1.83 bits per heavy atom. The quantitative estimate of drug-likeness (QED) is 0.515. The Morgan fingerprint density at radius 3 is 2.62 bits per heavy atom. The zero-order valence-electron chi connectivity index (χ0n) is 13.0. The summed E-state index contributed by atoms with van der Waals surface area (Å²) in [6.07, 6.45) is 4.11. The molecule has 3 aromatic rings. The molecule has 0 aliphatic carbocycles. The van der Waals surface area contributed by atoms with Crippen molar-refractivity contribution in [3.05, 3.63) is 77.1 Å². The van der Waals surface area contributed by atoms with E-state index in [0.717, 1.165) is 16.6 Å². The predicted molar refractivity (Wildman–Crippen MR) is 94.5 cm³/mol. The monoisotopic (exact) mass is 338 g/mol. The van der Waals surface area contributed by atoms with E-state index < -0.39 is 12.1 Å². The third-order valence-electron chi connectivity index (χ3n) is 3.49. The van der Waals surface area contributed by atoms with Crippen LogP contribution in [0.3, 0.4) is 0 Å². The molecular weight excluding hydrogens is 324 g/mol. The number of carbonyl (C=O) groups excluding carboxylic acids is 1. The fraction of sp³-hybridized carbons (Fsp3) is 0.105. The van der Waals surface area contributed by atoms with Gasteiger partial charge < -0.3 is 4.74 Å². The zero-order chi connectivity index (χ0) is 16.9. The number of halogens is 1. The number of hydrogen-bond acceptors (Lipinski definition) is 4. The highest BCUT2D eigenvalue weighted by molar-refractivity contribution is 6.31. The third-order valence-corrected chi connectivity index (χ3v) is 3.84. The van der Waals surface area contributed by atoms with Crippen molar-refractivity contribution in [1.82, 2.24) is 9.97 Å². The summed E-state index contributed by atoms with van der Waals surface area (Å²) in [5.41, 5.74) is 2.95. The largest absolute Gasteiger partial charge is 0.455 e. The number of ether oxygens (including phenoxy) is 1. The van der Waals surface area contributed by atoms with Crippen LogP contribution < -0.4 is 0 Å². The highest BCUT2D eigenvalue weighted by atomic mass is 35.5. The second kappa shape index (κ2) is 7.23. The molecule has 0 amide bonds. The van der Waals surface area contributed by atoms with Crippen LogP contribution >= 0.6 is 11.6 Å². The molecule has 1 heterocycles. The standard InChI is InChI=1S/C19H15ClN2O2/c1-13(15-6-2-3-7-16(15)20)24-19(23)11-10-14-12-21-17-8-4-5-9-18(17)22-14/h2-13H,1H3. The van der Waals surface area contributed by atoms with Gasteiger partial charge >= 0.3 is 5.97 Å². The first kappa shape index (κ1) is 16.1. The molecule has 3 rings (SSSR count). The van der Waals surface area contributed by atoms with E-state index in [4.69, 9.17) is 16.3 Å². The number of fused-ring (bicyclic) bond motifs is 1. The molecule has 1 unspecified atom stereocenters. The Hall–Kier alpha value is -2.72. The summed E-state index contributed by atoms with van der Waals surface area (Å²) < 4.78 is 5.37. The highest BCUT2D eigenvalue weighted by Gasteiger charge is 2.12. The molecule has 0 fully saturated rings. The summed E-state index contributed by atoms with van der Waals surface area (Å²) in [5.74, 6) is -0.461. The molecular formula is C19H15ClN2O2. The first-order chi connectivity index (χ1) is 11.6. The zero-order valence-corrected chi connectivity index (χ0v) is 13.8. The Kier molecular flexibility index (Phi) is 4.87. The first-order valence-electron chi connectivity index (χ1n) is 7.48. The molecule has 1 aromatic heterocycles. The summed E-state index contributed by atoms with van der Waals surface area (Å²) in [6, 6.07) is 14.8. The minimum absolute atomic E-state index is 0.432. The maximum Gasteiger partial charge on any atom is 0.331 e. The Bertz CT molecular complexity index is 909. The van der Waals surface area contributed by atoms with Gasteiger partial charge in [0.1, 0.15) is 6.10 Å². The molecule has 0 saturated carbocycles. The van der Waals surface area contributed by atoms with Gasteiger partial charge in [0.25, 0.3) is 0 Å². The maximum absolute atomic E-state index is 12.0. The van der Waals surface area contributed by atoms with Gasteiger partial charge in [0.15, 0.2) is 0 Å². The smallest absolute Gasteiger partial charge is 0.331 e. The van der Waals surface area contributed by atoms with Crippen LogP contribution in [0.5, 0.6) is 0 Å². The van der Waals surface area contributed by atoms with Crippen molar-refractivity contribution in [1.29, 1.82) is 0 Å². The summed E-state index contributed by atoms with van der Waals surface area (Å²) in [7, 11) is 0. The van der Waals surface area contributed by atoms with E-state index in [1.165, 1.54) is 6.08 Å². The van der Waals surface area contributed by atoms with Gasteiger partial charge in [-0.05, 0) is 31.2 Å². The first-order valence-corrected chi connectivity index (χ1v) is 7.86. The molecule has 120 valence electrons. The lowest BCUT2D eigenvalue weighted by Gasteiger charge is -2.13. The second-order valence-corrected chi connectivity index (χ2v) is 5.62. The number of esters is 1. The lowest BCUT2D eigenvalue weighted by atomic mass is 10.1. The number of para-hydroxylation sites is 2. The summed E-state index contributed by atoms with van der Waals surface area (Å²) >= 11 is 6.10. The molecule has 0 saturated heterocycles. The van der Waals surface area contributed by atoms with E-state index >= 15 is 0 Å². The summed E-state index contributed by atoms with van der Waals surface area (Å²) in [6.45, 7) is 1.78. The topological polar surface area (TPSA) is 52.1 Å². The number of rotatable bonds is 4. The molecule has 1 atom stereocenters. The van der Waals surface area contributed by atoms with E-state index in [1.54, 1.807) is 25.3 Å². The lowest BCUT2D eigenvalue weighted by Crippen LogP contribution is -2.06. The average molecular weight is 339 g/mol. The van der Waals surface area contributed by atoms with Gasteiger partial charge in [0.2, 0.25) is 0 Å². The van der Waals surface area contributed by atoms with Crippen molar-refractivity contribution in [3.63, 3.8) is 0 Å². The minimum Gasteiger partial charge on any atom is -0.455 e. The number of carbonyl (C=O) groups is 1. The number of hydrogen-bond donors (Lipinski definition) is 0. The molecule has 4 nitrogen and oxygen atoms in total. The van der Waals surface area contributed by atoms with Gasteiger partial charge in [-0.25, -0.2) is 9.78 Å². The van der Waals surface area contributed by atoms with Crippen molar-refractivity contribution >= 4 is 34.7 Å². The van der Waals surface area contributed by atoms with Crippen LogP contribution in [0.25, 0.3) is 17.1 Å². The molecule has 0 bridgehead atoms. The molecule has 0 radical (unpaired) electrons. The molecule has 24 heavy (non-hydrogen) atoms. The van der Waals surface area contributed by atoms with E-state index in [-0.39, 0.29) is 0 Å². The van der Waals surface area contributed by atoms with Crippen molar-refractivity contribution in [2.75, 3.05) is 0 Å². The Balaban J connectivity index is 1.69. The van der Waals surface area contributed by atoms with Crippen LogP contribution in [0.1, 0.15) is 24.3 Å². The van der Waals surface area contributed by atoms with Crippen LogP contribution in [-0.4, -0.2) is 15.9 Å². The number of benzene rings is 2. The van der Waals surface area contributed by atoms with Gasteiger partial charge in [-0.3, -0.25) is 4.98 Å². The van der Waals surface area contributed by atoms with Crippen LogP contribution in [-0.2, 0) is 9.53 Å².